The van der Waals surface area contributed by atoms with Gasteiger partial charge in [-0.25, -0.2) is 26.6 Å². The number of thioether (sulfide) groups is 1. The van der Waals surface area contributed by atoms with Gasteiger partial charge in [0.05, 0.1) is 56.6 Å². The zero-order valence-corrected chi connectivity index (χ0v) is 34.2. The lowest BCUT2D eigenvalue weighted by molar-refractivity contribution is -0.870. The van der Waals surface area contributed by atoms with E-state index < -0.39 is 67.5 Å². The Bertz CT molecular complexity index is 2150. The van der Waals surface area contributed by atoms with E-state index in [2.05, 4.69) is 4.98 Å². The molecule has 0 fully saturated rings. The van der Waals surface area contributed by atoms with Crippen molar-refractivity contribution in [3.05, 3.63) is 100 Å². The van der Waals surface area contributed by atoms with Crippen molar-refractivity contribution in [3.63, 3.8) is 0 Å². The minimum Gasteiger partial charge on any atom is -0.542 e. The monoisotopic (exact) mass is 866 g/mol. The highest BCUT2D eigenvalue weighted by atomic mass is 35.5. The van der Waals surface area contributed by atoms with Crippen LogP contribution in [0.5, 0.6) is 5.75 Å². The van der Waals surface area contributed by atoms with Gasteiger partial charge in [0.2, 0.25) is 10.0 Å². The largest absolute Gasteiger partial charge is 0.542 e. The number of hydrogen-bond acceptors (Lipinski definition) is 8. The molecule has 4 rings (SSSR count). The van der Waals surface area contributed by atoms with Crippen molar-refractivity contribution in [3.8, 4) is 11.4 Å². The van der Waals surface area contributed by atoms with Crippen LogP contribution in [0.1, 0.15) is 44.0 Å². The van der Waals surface area contributed by atoms with Crippen LogP contribution in [0.2, 0.25) is 5.02 Å². The molecule has 0 amide bonds. The number of carbonyl (C=O) groups excluding carboxylic acids is 1. The van der Waals surface area contributed by atoms with E-state index in [-0.39, 0.29) is 12.3 Å². The van der Waals surface area contributed by atoms with Crippen LogP contribution in [-0.2, 0) is 30.8 Å². The van der Waals surface area contributed by atoms with E-state index in [0.29, 0.717) is 56.9 Å². The van der Waals surface area contributed by atoms with Gasteiger partial charge in [-0.1, -0.05) is 43.3 Å². The van der Waals surface area contributed by atoms with Crippen LogP contribution < -0.4 is 9.84 Å². The smallest absolute Gasteiger partial charge is 0.430 e. The summed E-state index contributed by atoms with van der Waals surface area (Å²) in [7, 11) is 2.64. The molecular formula is C37H41ClF6N4O7S2. The molecule has 1 heterocycles. The van der Waals surface area contributed by atoms with Gasteiger partial charge >= 0.3 is 12.1 Å². The van der Waals surface area contributed by atoms with E-state index >= 15 is 8.78 Å². The molecule has 0 bridgehead atoms. The second-order valence-electron chi connectivity index (χ2n) is 14.1. The number of imidazole rings is 1. The van der Waals surface area contributed by atoms with Gasteiger partial charge in [0.1, 0.15) is 35.2 Å². The second-order valence-corrected chi connectivity index (χ2v) is 17.4. The Morgan fingerprint density at radius 1 is 1.04 bits per heavy atom. The van der Waals surface area contributed by atoms with Gasteiger partial charge in [0, 0.05) is 35.4 Å². The van der Waals surface area contributed by atoms with Gasteiger partial charge in [0.25, 0.3) is 0 Å². The number of nitrogens with zero attached hydrogens (tertiary/aromatic N) is 4. The van der Waals surface area contributed by atoms with Crippen molar-refractivity contribution in [1.29, 1.82) is 0 Å². The number of aromatic nitrogens is 2. The minimum atomic E-state index is -5.19. The lowest BCUT2D eigenvalue weighted by Crippen LogP contribution is -2.45. The molecule has 0 aliphatic rings. The van der Waals surface area contributed by atoms with Crippen LogP contribution in [0, 0.1) is 17.5 Å². The molecule has 3 aromatic carbocycles. The number of aliphatic carboxylic acids is 2. The molecular weight excluding hydrogens is 826 g/mol. The first-order chi connectivity index (χ1) is 26.2. The van der Waals surface area contributed by atoms with Crippen LogP contribution in [0.15, 0.2) is 70.8 Å². The Kier molecular flexibility index (Phi) is 15.3. The van der Waals surface area contributed by atoms with E-state index in [0.717, 1.165) is 21.6 Å². The number of hydrogen-bond donors (Lipinski definition) is 1. The molecule has 0 aliphatic carbocycles. The lowest BCUT2D eigenvalue weighted by atomic mass is 9.81. The van der Waals surface area contributed by atoms with Crippen molar-refractivity contribution in [2.75, 3.05) is 41.3 Å². The number of halogens is 7. The molecule has 1 atom stereocenters. The highest BCUT2D eigenvalue weighted by Crippen LogP contribution is 2.39. The maximum Gasteiger partial charge on any atom is 0.430 e. The molecule has 1 aromatic heterocycles. The number of carboxylic acid groups (broad SMARTS) is 2. The van der Waals surface area contributed by atoms with Crippen molar-refractivity contribution in [2.24, 2.45) is 0 Å². The maximum atomic E-state index is 15.6. The summed E-state index contributed by atoms with van der Waals surface area (Å²) in [6.07, 6.45) is -3.24. The summed E-state index contributed by atoms with van der Waals surface area (Å²) in [6.45, 7) is 5.51. The highest BCUT2D eigenvalue weighted by molar-refractivity contribution is 7.98. The molecule has 0 unspecified atom stereocenters. The zero-order valence-electron chi connectivity index (χ0n) is 31.8. The molecule has 0 saturated carbocycles. The van der Waals surface area contributed by atoms with E-state index in [1.807, 2.05) is 41.1 Å². The SMILES string of the molecule is COc1cc(C(C)(C)c2cnc(SCc3c(F)cc(S(=O)(=O)N(CCC[N+](C)(C)C)[C@@H](C)C(=O)O)cc3F)n2-c2ccc(F)cc2)ccc1Cl.O=C([O-])C(F)(F)F. The average Bonchev–Trinajstić information content (AvgIpc) is 3.54. The highest BCUT2D eigenvalue weighted by Gasteiger charge is 2.35. The third-order valence-electron chi connectivity index (χ3n) is 8.62. The van der Waals surface area contributed by atoms with Crippen molar-refractivity contribution in [1.82, 2.24) is 13.9 Å². The fourth-order valence-electron chi connectivity index (χ4n) is 5.40. The van der Waals surface area contributed by atoms with Crippen LogP contribution in [0.3, 0.4) is 0 Å². The molecule has 11 nitrogen and oxygen atoms in total. The summed E-state index contributed by atoms with van der Waals surface area (Å²) in [5, 5.41) is 19.2. The third kappa shape index (κ3) is 11.9. The standard InChI is InChI=1S/C35H40ClF3N4O5S2.C2HF3O2/c1-22(33(44)45)41(15-8-16-43(4,5)6)50(46,47)26-18-29(38)27(30(39)19-26)21-49-34-40-20-32(42(34)25-12-10-24(37)11-13-25)35(2,3)23-9-14-28(36)31(17-23)48-7;3-2(4,5)1(6)7/h9-14,17-20,22H,8,15-16,21H2,1-7H3;(H,6,7)/t22-;/m0./s1. The van der Waals surface area contributed by atoms with Crippen molar-refractivity contribution < 1.29 is 63.8 Å². The molecule has 0 spiro atoms. The van der Waals surface area contributed by atoms with E-state index in [9.17, 15) is 35.9 Å². The number of benzene rings is 3. The van der Waals surface area contributed by atoms with Gasteiger partial charge in [0.15, 0.2) is 5.16 Å². The van der Waals surface area contributed by atoms with E-state index in [4.69, 9.17) is 26.2 Å². The molecule has 20 heteroatoms. The first-order valence-electron chi connectivity index (χ1n) is 16.8. The minimum absolute atomic E-state index is 0.153. The predicted octanol–water partition coefficient (Wildman–Crippen LogP) is 6.43. The Morgan fingerprint density at radius 3 is 2.09 bits per heavy atom. The molecule has 0 aliphatic heterocycles. The zero-order chi connectivity index (χ0) is 43.3. The summed E-state index contributed by atoms with van der Waals surface area (Å²) in [4.78, 5) is 24.5. The molecule has 0 saturated heterocycles. The van der Waals surface area contributed by atoms with Gasteiger partial charge in [-0.2, -0.15) is 17.5 Å². The normalized spacial score (nSPS) is 12.9. The number of methoxy groups -OCH3 is 1. The molecule has 1 N–H and O–H groups in total. The molecule has 0 radical (unpaired) electrons. The Morgan fingerprint density at radius 2 is 1.60 bits per heavy atom. The Labute approximate surface area is 335 Å². The van der Waals surface area contributed by atoms with Crippen LogP contribution in [-0.4, -0.2) is 97.4 Å². The summed E-state index contributed by atoms with van der Waals surface area (Å²) in [5.41, 5.74) is 0.951. The number of rotatable bonds is 15. The van der Waals surface area contributed by atoms with Gasteiger partial charge in [-0.15, -0.1) is 0 Å². The van der Waals surface area contributed by atoms with E-state index in [1.165, 1.54) is 26.2 Å². The van der Waals surface area contributed by atoms with Crippen LogP contribution >= 0.6 is 23.4 Å². The summed E-state index contributed by atoms with van der Waals surface area (Å²) in [6, 6.07) is 11.0. The first kappa shape index (κ1) is 47.1. The Balaban J connectivity index is 0.00000113. The third-order valence-corrected chi connectivity index (χ3v) is 11.9. The number of carbonyl (C=O) groups is 2. The number of quaternary nitrogens is 1. The Hall–Kier alpha value is -4.30. The molecule has 4 aromatic rings. The average molecular weight is 867 g/mol. The first-order valence-corrected chi connectivity index (χ1v) is 19.6. The van der Waals surface area contributed by atoms with Gasteiger partial charge in [-0.3, -0.25) is 9.36 Å². The maximum absolute atomic E-state index is 15.6. The number of ether oxygens (including phenoxy) is 1. The van der Waals surface area contributed by atoms with Crippen molar-refractivity contribution >= 4 is 45.3 Å². The summed E-state index contributed by atoms with van der Waals surface area (Å²) >= 11 is 7.28. The summed E-state index contributed by atoms with van der Waals surface area (Å²) < 4.78 is 112. The quantitative estimate of drug-likeness (QED) is 0.0814. The fraction of sp³-hybridized carbons (Fsp3) is 0.378. The predicted molar refractivity (Wildman–Crippen MR) is 199 cm³/mol. The number of carboxylic acids is 2. The van der Waals surface area contributed by atoms with E-state index in [1.54, 1.807) is 35.0 Å². The fourth-order valence-corrected chi connectivity index (χ4v) is 8.25. The van der Waals surface area contributed by atoms with Crippen LogP contribution in [0.25, 0.3) is 5.69 Å². The number of sulfonamides is 1. The topological polar surface area (TPSA) is 142 Å². The van der Waals surface area contributed by atoms with Crippen LogP contribution in [0.4, 0.5) is 26.3 Å². The molecule has 312 valence electrons. The lowest BCUT2D eigenvalue weighted by Gasteiger charge is -2.28. The van der Waals surface area contributed by atoms with Gasteiger partial charge < -0.3 is 24.2 Å². The molecule has 57 heavy (non-hydrogen) atoms. The summed E-state index contributed by atoms with van der Waals surface area (Å²) in [5.74, 6) is -6.87. The van der Waals surface area contributed by atoms with Crippen molar-refractivity contribution in [2.45, 2.75) is 60.6 Å². The van der Waals surface area contributed by atoms with Gasteiger partial charge in [-0.05, 0) is 61.0 Å². The number of alkyl halides is 3. The second kappa shape index (κ2) is 18.5.